The van der Waals surface area contributed by atoms with Crippen LogP contribution in [0.2, 0.25) is 0 Å². The van der Waals surface area contributed by atoms with Gasteiger partial charge in [-0.3, -0.25) is 14.1 Å². The summed E-state index contributed by atoms with van der Waals surface area (Å²) in [5.74, 6) is -1.03. The van der Waals surface area contributed by atoms with Gasteiger partial charge in [0.2, 0.25) is 0 Å². The summed E-state index contributed by atoms with van der Waals surface area (Å²) >= 11 is 0. The van der Waals surface area contributed by atoms with Crippen molar-refractivity contribution in [3.05, 3.63) is 85.1 Å². The number of carbonyl (C=O) groups is 2. The number of hydrogen-bond acceptors (Lipinski definition) is 7. The van der Waals surface area contributed by atoms with E-state index in [0.29, 0.717) is 25.7 Å². The number of phosphoric ester groups is 1. The van der Waals surface area contributed by atoms with E-state index >= 15 is 0 Å². The van der Waals surface area contributed by atoms with Crippen LogP contribution in [0.5, 0.6) is 0 Å². The normalized spacial score (nSPS) is 14.0. The largest absolute Gasteiger partial charge is 0.469 e. The molecule has 3 N–H and O–H groups in total. The van der Waals surface area contributed by atoms with E-state index in [9.17, 15) is 19.3 Å². The number of aliphatic hydroxyl groups is 1. The van der Waals surface area contributed by atoms with E-state index in [4.69, 9.17) is 19.3 Å². The molecule has 0 spiro atoms. The van der Waals surface area contributed by atoms with Gasteiger partial charge in [-0.15, -0.1) is 0 Å². The second-order valence-corrected chi connectivity index (χ2v) is 14.3. The molecule has 0 aliphatic rings. The Morgan fingerprint density at radius 2 is 1.09 bits per heavy atom. The maximum Gasteiger partial charge on any atom is 0.469 e. The number of rotatable bonds is 35. The Labute approximate surface area is 321 Å². The number of aliphatic hydroxyl groups excluding tert-OH is 1. The smallest absolute Gasteiger partial charge is 0.462 e. The molecule has 10 heteroatoms. The molecule has 0 saturated carbocycles. The van der Waals surface area contributed by atoms with E-state index in [1.165, 1.54) is 44.9 Å². The van der Waals surface area contributed by atoms with E-state index in [-0.39, 0.29) is 19.4 Å². The van der Waals surface area contributed by atoms with Crippen molar-refractivity contribution in [3.8, 4) is 0 Å². The lowest BCUT2D eigenvalue weighted by Gasteiger charge is -2.18. The zero-order chi connectivity index (χ0) is 39.1. The fourth-order valence-corrected chi connectivity index (χ4v) is 5.28. The summed E-state index contributed by atoms with van der Waals surface area (Å²) in [7, 11) is -4.79. The molecular formula is C43H71O9P. The van der Waals surface area contributed by atoms with Crippen molar-refractivity contribution in [3.63, 3.8) is 0 Å². The Morgan fingerprint density at radius 1 is 0.585 bits per heavy atom. The van der Waals surface area contributed by atoms with Gasteiger partial charge >= 0.3 is 19.8 Å². The zero-order valence-electron chi connectivity index (χ0n) is 32.7. The molecule has 2 atom stereocenters. The summed E-state index contributed by atoms with van der Waals surface area (Å²) in [5.41, 5.74) is 0. The summed E-state index contributed by atoms with van der Waals surface area (Å²) in [5, 5.41) is 10.0. The molecule has 0 saturated heterocycles. The Balaban J connectivity index is 4.17. The number of allylic oxidation sites excluding steroid dienone is 12. The van der Waals surface area contributed by atoms with Crippen LogP contribution in [0.25, 0.3) is 0 Å². The Bertz CT molecular complexity index is 1150. The summed E-state index contributed by atoms with van der Waals surface area (Å²) in [6.45, 7) is 3.47. The SMILES string of the molecule is CCCCC/C=C\C=C/[C@@H](O)C/C=C\C/C=C/CCCC(=O)OC[C@H](COP(=O)(O)O)OC(=O)CCCCCC/C=C\C/C=C\C/C=C\CCCCC. The van der Waals surface area contributed by atoms with Gasteiger partial charge in [0.15, 0.2) is 6.10 Å². The summed E-state index contributed by atoms with van der Waals surface area (Å²) in [6, 6.07) is 0. The number of ether oxygens (including phenoxy) is 2. The molecule has 0 aliphatic carbocycles. The third-order valence-electron chi connectivity index (χ3n) is 7.97. The molecule has 9 nitrogen and oxygen atoms in total. The molecule has 0 aliphatic heterocycles. The topological polar surface area (TPSA) is 140 Å². The average Bonchev–Trinajstić information content (AvgIpc) is 3.12. The molecule has 53 heavy (non-hydrogen) atoms. The fraction of sp³-hybridized carbons (Fsp3) is 0.628. The van der Waals surface area contributed by atoms with Crippen molar-refractivity contribution < 1.29 is 43.0 Å². The van der Waals surface area contributed by atoms with Crippen molar-refractivity contribution >= 4 is 19.8 Å². The van der Waals surface area contributed by atoms with E-state index in [2.05, 4.69) is 60.9 Å². The van der Waals surface area contributed by atoms with E-state index < -0.39 is 38.6 Å². The van der Waals surface area contributed by atoms with Gasteiger partial charge in [-0.1, -0.05) is 137 Å². The van der Waals surface area contributed by atoms with Crippen LogP contribution in [0.4, 0.5) is 0 Å². The molecule has 0 rings (SSSR count). The summed E-state index contributed by atoms with van der Waals surface area (Å²) in [6.07, 6.45) is 46.1. The third-order valence-corrected chi connectivity index (χ3v) is 8.45. The van der Waals surface area contributed by atoms with Gasteiger partial charge in [0.05, 0.1) is 12.7 Å². The Hall–Kier alpha value is -2.81. The number of esters is 2. The van der Waals surface area contributed by atoms with Gasteiger partial charge in [0.1, 0.15) is 6.61 Å². The molecule has 0 bridgehead atoms. The van der Waals surface area contributed by atoms with E-state index in [1.807, 2.05) is 36.5 Å². The second kappa shape index (κ2) is 37.5. The predicted octanol–water partition coefficient (Wildman–Crippen LogP) is 11.0. The lowest BCUT2D eigenvalue weighted by Crippen LogP contribution is -2.29. The number of hydrogen-bond donors (Lipinski definition) is 3. The van der Waals surface area contributed by atoms with Crippen molar-refractivity contribution in [2.24, 2.45) is 0 Å². The van der Waals surface area contributed by atoms with Crippen molar-refractivity contribution in [2.45, 2.75) is 161 Å². The summed E-state index contributed by atoms with van der Waals surface area (Å²) < 4.78 is 26.2. The molecule has 0 amide bonds. The molecular weight excluding hydrogens is 691 g/mol. The quantitative estimate of drug-likeness (QED) is 0.0189. The van der Waals surface area contributed by atoms with Crippen molar-refractivity contribution in [1.29, 1.82) is 0 Å². The standard InChI is InChI=1S/C43H71O9P/c1-3-5-7-9-11-12-13-14-15-16-17-18-19-20-24-29-33-37-43(46)52-41(39-51-53(47,48)49)38-50-42(45)36-32-28-25-21-23-27-31-35-40(44)34-30-26-22-10-8-6-4-2/h11-12,14-15,17-18,21-22,25-27,30-31,34,40-41,44H,3-10,13,16,19-20,23-24,28-29,32-33,35-39H2,1-2H3,(H2,47,48,49)/b12-11-,15-14-,18-17-,25-21+,26-22-,31-27-,34-30-/t40-,41-/m1/s1. The molecule has 0 fully saturated rings. The third kappa shape index (κ3) is 40.2. The van der Waals surface area contributed by atoms with Crippen LogP contribution in [0.3, 0.4) is 0 Å². The molecule has 0 radical (unpaired) electrons. The average molecular weight is 763 g/mol. The van der Waals surface area contributed by atoms with Gasteiger partial charge in [0, 0.05) is 12.8 Å². The van der Waals surface area contributed by atoms with Crippen molar-refractivity contribution in [1.82, 2.24) is 0 Å². The Morgan fingerprint density at radius 3 is 1.70 bits per heavy atom. The highest BCUT2D eigenvalue weighted by Gasteiger charge is 2.22. The first-order valence-corrected chi connectivity index (χ1v) is 21.5. The minimum absolute atomic E-state index is 0.147. The molecule has 302 valence electrons. The van der Waals surface area contributed by atoms with Crippen molar-refractivity contribution in [2.75, 3.05) is 13.2 Å². The molecule has 0 aromatic carbocycles. The monoisotopic (exact) mass is 762 g/mol. The first-order chi connectivity index (χ1) is 25.7. The first kappa shape index (κ1) is 50.2. The van der Waals surface area contributed by atoms with Gasteiger partial charge in [-0.05, 0) is 83.5 Å². The lowest BCUT2D eigenvalue weighted by molar-refractivity contribution is -0.161. The van der Waals surface area contributed by atoms with Crippen LogP contribution in [0.15, 0.2) is 85.1 Å². The highest BCUT2D eigenvalue weighted by atomic mass is 31.2. The van der Waals surface area contributed by atoms with E-state index in [1.54, 1.807) is 6.08 Å². The lowest BCUT2D eigenvalue weighted by atomic mass is 10.1. The molecule has 0 aromatic rings. The van der Waals surface area contributed by atoms with E-state index in [0.717, 1.165) is 51.4 Å². The van der Waals surface area contributed by atoms with Gasteiger partial charge in [-0.2, -0.15) is 0 Å². The maximum atomic E-state index is 12.4. The summed E-state index contributed by atoms with van der Waals surface area (Å²) in [4.78, 5) is 42.8. The molecule has 0 heterocycles. The highest BCUT2D eigenvalue weighted by Crippen LogP contribution is 2.36. The predicted molar refractivity (Wildman–Crippen MR) is 217 cm³/mol. The van der Waals surface area contributed by atoms with Gasteiger partial charge in [0.25, 0.3) is 0 Å². The molecule has 0 aromatic heterocycles. The van der Waals surface area contributed by atoms with Crippen LogP contribution in [-0.2, 0) is 28.2 Å². The van der Waals surface area contributed by atoms with Crippen LogP contribution in [0.1, 0.15) is 149 Å². The number of unbranched alkanes of at least 4 members (excludes halogenated alkanes) is 11. The number of carbonyl (C=O) groups excluding carboxylic acids is 2. The minimum Gasteiger partial charge on any atom is -0.462 e. The number of phosphoric acid groups is 1. The molecule has 0 unspecified atom stereocenters. The Kier molecular flexibility index (Phi) is 35.5. The van der Waals surface area contributed by atoms with Crippen LogP contribution in [-0.4, -0.2) is 52.3 Å². The van der Waals surface area contributed by atoms with Crippen LogP contribution < -0.4 is 0 Å². The second-order valence-electron chi connectivity index (χ2n) is 13.1. The first-order valence-electron chi connectivity index (χ1n) is 20.0. The fourth-order valence-electron chi connectivity index (χ4n) is 4.92. The van der Waals surface area contributed by atoms with Gasteiger partial charge < -0.3 is 24.4 Å². The van der Waals surface area contributed by atoms with Gasteiger partial charge in [-0.25, -0.2) is 4.57 Å². The van der Waals surface area contributed by atoms with Crippen LogP contribution >= 0.6 is 7.82 Å². The highest BCUT2D eigenvalue weighted by molar-refractivity contribution is 7.46. The maximum absolute atomic E-state index is 12.4. The minimum atomic E-state index is -4.79. The van der Waals surface area contributed by atoms with Crippen LogP contribution in [0, 0.1) is 0 Å². The zero-order valence-corrected chi connectivity index (χ0v) is 33.6.